The Morgan fingerprint density at radius 3 is 3.11 bits per heavy atom. The van der Waals surface area contributed by atoms with Gasteiger partial charge in [-0.05, 0) is 44.0 Å². The van der Waals surface area contributed by atoms with E-state index in [4.69, 9.17) is 9.47 Å². The zero-order chi connectivity index (χ0) is 13.7. The summed E-state index contributed by atoms with van der Waals surface area (Å²) in [7, 11) is 0. The van der Waals surface area contributed by atoms with E-state index >= 15 is 0 Å². The molecule has 0 aliphatic carbocycles. The molecule has 1 aromatic rings. The molecule has 0 aromatic heterocycles. The van der Waals surface area contributed by atoms with E-state index < -0.39 is 0 Å². The Morgan fingerprint density at radius 1 is 1.47 bits per heavy atom. The fourth-order valence-electron chi connectivity index (χ4n) is 2.37. The summed E-state index contributed by atoms with van der Waals surface area (Å²) in [6.07, 6.45) is 3.47. The summed E-state index contributed by atoms with van der Waals surface area (Å²) >= 11 is 0. The molecule has 0 saturated carbocycles. The van der Waals surface area contributed by atoms with Crippen molar-refractivity contribution in [2.45, 2.75) is 38.8 Å². The molecular weight excluding hydrogens is 238 g/mol. The fourth-order valence-corrected chi connectivity index (χ4v) is 2.37. The van der Waals surface area contributed by atoms with E-state index in [1.165, 1.54) is 17.4 Å². The minimum Gasteiger partial charge on any atom is -0.502 e. The Labute approximate surface area is 115 Å². The molecule has 0 unspecified atom stereocenters. The van der Waals surface area contributed by atoms with Crippen LogP contribution in [0, 0.1) is 0 Å². The Kier molecular flexibility index (Phi) is 4.48. The molecule has 1 aliphatic rings. The molecule has 0 spiro atoms. The number of ether oxygens (including phenoxy) is 2. The van der Waals surface area contributed by atoms with Crippen LogP contribution >= 0.6 is 0 Å². The lowest BCUT2D eigenvalue weighted by Gasteiger charge is -2.16. The third kappa shape index (κ3) is 4.00. The van der Waals surface area contributed by atoms with Gasteiger partial charge in [0.2, 0.25) is 0 Å². The third-order valence-corrected chi connectivity index (χ3v) is 3.19. The molecule has 3 nitrogen and oxygen atoms in total. The van der Waals surface area contributed by atoms with Crippen LogP contribution in [0.25, 0.3) is 0 Å². The normalized spacial score (nSPS) is 15.7. The highest BCUT2D eigenvalue weighted by molar-refractivity contribution is 5.41. The van der Waals surface area contributed by atoms with Crippen LogP contribution in [0.15, 0.2) is 31.0 Å². The topological polar surface area (TPSA) is 30.5 Å². The van der Waals surface area contributed by atoms with Crippen LogP contribution in [0.4, 0.5) is 0 Å². The van der Waals surface area contributed by atoms with Crippen LogP contribution in [0.2, 0.25) is 0 Å². The van der Waals surface area contributed by atoms with Gasteiger partial charge in [0, 0.05) is 13.0 Å². The van der Waals surface area contributed by atoms with Crippen molar-refractivity contribution in [2.75, 3.05) is 13.2 Å². The van der Waals surface area contributed by atoms with Crippen molar-refractivity contribution in [3.05, 3.63) is 42.2 Å². The number of rotatable bonds is 7. The molecule has 1 N–H and O–H groups in total. The van der Waals surface area contributed by atoms with Crippen LogP contribution in [-0.4, -0.2) is 18.8 Å². The molecule has 0 bridgehead atoms. The number of hydrogen-bond acceptors (Lipinski definition) is 3. The highest BCUT2D eigenvalue weighted by atomic mass is 16.5. The summed E-state index contributed by atoms with van der Waals surface area (Å²) in [5.41, 5.74) is 2.57. The molecule has 0 saturated heterocycles. The van der Waals surface area contributed by atoms with E-state index in [1.54, 1.807) is 0 Å². The van der Waals surface area contributed by atoms with Gasteiger partial charge in [-0.3, -0.25) is 0 Å². The molecule has 0 fully saturated rings. The molecule has 1 heterocycles. The highest BCUT2D eigenvalue weighted by Crippen LogP contribution is 2.35. The van der Waals surface area contributed by atoms with E-state index in [1.807, 2.05) is 0 Å². The first-order chi connectivity index (χ1) is 9.11. The number of benzene rings is 1. The Hall–Kier alpha value is -1.48. The maximum absolute atomic E-state index is 5.87. The molecule has 2 rings (SSSR count). The van der Waals surface area contributed by atoms with Crippen molar-refractivity contribution in [1.29, 1.82) is 0 Å². The van der Waals surface area contributed by atoms with E-state index in [9.17, 15) is 0 Å². The lowest BCUT2D eigenvalue weighted by molar-refractivity contribution is 0.138. The van der Waals surface area contributed by atoms with Crippen LogP contribution in [-0.2, 0) is 17.7 Å². The van der Waals surface area contributed by atoms with Crippen LogP contribution in [0.5, 0.6) is 5.75 Å². The van der Waals surface area contributed by atoms with Gasteiger partial charge in [-0.15, -0.1) is 0 Å². The maximum atomic E-state index is 5.87. The molecule has 0 amide bonds. The zero-order valence-corrected chi connectivity index (χ0v) is 11.9. The molecule has 104 valence electrons. The first-order valence-electron chi connectivity index (χ1n) is 6.85. The largest absolute Gasteiger partial charge is 0.502 e. The highest BCUT2D eigenvalue weighted by Gasteiger charge is 2.29. The van der Waals surface area contributed by atoms with E-state index in [0.717, 1.165) is 38.3 Å². The van der Waals surface area contributed by atoms with Gasteiger partial charge in [0.05, 0.1) is 12.9 Å². The van der Waals surface area contributed by atoms with Gasteiger partial charge in [0.15, 0.2) is 0 Å². The Morgan fingerprint density at radius 2 is 2.32 bits per heavy atom. The summed E-state index contributed by atoms with van der Waals surface area (Å²) in [5, 5.41) is 3.42. The minimum absolute atomic E-state index is 0.0591. The van der Waals surface area contributed by atoms with Gasteiger partial charge in [-0.2, -0.15) is 0 Å². The first kappa shape index (κ1) is 13.9. The summed E-state index contributed by atoms with van der Waals surface area (Å²) in [6.45, 7) is 10.3. The van der Waals surface area contributed by atoms with E-state index in [0.29, 0.717) is 0 Å². The third-order valence-electron chi connectivity index (χ3n) is 3.19. The van der Waals surface area contributed by atoms with Crippen molar-refractivity contribution < 1.29 is 9.47 Å². The van der Waals surface area contributed by atoms with Crippen molar-refractivity contribution in [1.82, 2.24) is 5.32 Å². The van der Waals surface area contributed by atoms with Crippen molar-refractivity contribution in [3.63, 3.8) is 0 Å². The lowest BCUT2D eigenvalue weighted by atomic mass is 10.0. The number of hydrogen-bond donors (Lipinski definition) is 1. The standard InChI is InChI=1S/C16H23NO2/c1-4-18-9-5-8-17-12-13-6-7-15-14(10-13)11-16(2,3)19-15/h4,6-7,10,17H,1,5,8-9,11-12H2,2-3H3. The molecular formula is C16H23NO2. The average molecular weight is 261 g/mol. The van der Waals surface area contributed by atoms with Gasteiger partial charge in [0.1, 0.15) is 11.4 Å². The molecule has 0 atom stereocenters. The minimum atomic E-state index is -0.0591. The van der Waals surface area contributed by atoms with Crippen molar-refractivity contribution in [3.8, 4) is 5.75 Å². The molecule has 3 heteroatoms. The molecule has 19 heavy (non-hydrogen) atoms. The summed E-state index contributed by atoms with van der Waals surface area (Å²) < 4.78 is 10.9. The Bertz CT molecular complexity index is 440. The van der Waals surface area contributed by atoms with Crippen molar-refractivity contribution in [2.24, 2.45) is 0 Å². The molecule has 1 aliphatic heterocycles. The van der Waals surface area contributed by atoms with Gasteiger partial charge in [-0.25, -0.2) is 0 Å². The van der Waals surface area contributed by atoms with E-state index in [2.05, 4.69) is 43.9 Å². The number of fused-ring (bicyclic) bond motifs is 1. The molecule has 1 aromatic carbocycles. The van der Waals surface area contributed by atoms with Gasteiger partial charge < -0.3 is 14.8 Å². The molecule has 0 radical (unpaired) electrons. The lowest BCUT2D eigenvalue weighted by Crippen LogP contribution is -2.24. The predicted molar refractivity (Wildman–Crippen MR) is 77.3 cm³/mol. The van der Waals surface area contributed by atoms with Crippen molar-refractivity contribution >= 4 is 0 Å². The van der Waals surface area contributed by atoms with E-state index in [-0.39, 0.29) is 5.60 Å². The number of nitrogens with one attached hydrogen (secondary N) is 1. The summed E-state index contributed by atoms with van der Waals surface area (Å²) in [6, 6.07) is 6.46. The summed E-state index contributed by atoms with van der Waals surface area (Å²) in [4.78, 5) is 0. The predicted octanol–water partition coefficient (Wildman–Crippen LogP) is 3.04. The van der Waals surface area contributed by atoms with Crippen LogP contribution < -0.4 is 10.1 Å². The smallest absolute Gasteiger partial charge is 0.123 e. The first-order valence-corrected chi connectivity index (χ1v) is 6.85. The van der Waals surface area contributed by atoms with Crippen LogP contribution in [0.1, 0.15) is 31.4 Å². The monoisotopic (exact) mass is 261 g/mol. The Balaban J connectivity index is 1.79. The fraction of sp³-hybridized carbons (Fsp3) is 0.500. The quantitative estimate of drug-likeness (QED) is 0.604. The van der Waals surface area contributed by atoms with Crippen LogP contribution in [0.3, 0.4) is 0 Å². The second-order valence-corrected chi connectivity index (χ2v) is 5.55. The zero-order valence-electron chi connectivity index (χ0n) is 11.9. The summed E-state index contributed by atoms with van der Waals surface area (Å²) in [5.74, 6) is 1.04. The van der Waals surface area contributed by atoms with Gasteiger partial charge >= 0.3 is 0 Å². The second kappa shape index (κ2) is 6.11. The average Bonchev–Trinajstić information content (AvgIpc) is 2.66. The SMILES string of the molecule is C=COCCCNCc1ccc2c(c1)CC(C)(C)O2. The second-order valence-electron chi connectivity index (χ2n) is 5.55. The maximum Gasteiger partial charge on any atom is 0.123 e. The van der Waals surface area contributed by atoms with Gasteiger partial charge in [0.25, 0.3) is 0 Å². The van der Waals surface area contributed by atoms with Gasteiger partial charge in [-0.1, -0.05) is 18.7 Å².